The molecule has 1 unspecified atom stereocenters. The van der Waals surface area contributed by atoms with Crippen LogP contribution in [0.4, 0.5) is 19.1 Å². The number of hydrogen-bond donors (Lipinski definition) is 2. The van der Waals surface area contributed by atoms with Gasteiger partial charge in [-0.3, -0.25) is 0 Å². The van der Waals surface area contributed by atoms with Crippen LogP contribution in [0.5, 0.6) is 5.75 Å². The average molecular weight is 488 g/mol. The van der Waals surface area contributed by atoms with Gasteiger partial charge >= 0.3 is 0 Å². The fraction of sp³-hybridized carbons (Fsp3) is 0.500. The van der Waals surface area contributed by atoms with E-state index in [1.807, 2.05) is 0 Å². The fourth-order valence-corrected chi connectivity index (χ4v) is 5.12. The van der Waals surface area contributed by atoms with Gasteiger partial charge in [-0.05, 0) is 25.3 Å². The highest BCUT2D eigenvalue weighted by molar-refractivity contribution is 5.95. The molecule has 3 aromatic heterocycles. The topological polar surface area (TPSA) is 129 Å². The number of aliphatic hydroxyl groups is 1. The van der Waals surface area contributed by atoms with Crippen molar-refractivity contribution in [3.63, 3.8) is 0 Å². The highest BCUT2D eigenvalue weighted by Gasteiger charge is 2.48. The van der Waals surface area contributed by atoms with E-state index in [9.17, 15) is 18.3 Å². The Balaban J connectivity index is 1.23. The lowest BCUT2D eigenvalue weighted by Crippen LogP contribution is -2.40. The van der Waals surface area contributed by atoms with Crippen molar-refractivity contribution >= 4 is 22.5 Å². The first kappa shape index (κ1) is 22.0. The van der Waals surface area contributed by atoms with Crippen molar-refractivity contribution in [3.05, 3.63) is 35.2 Å². The molecular weight excluding hydrogens is 465 g/mol. The van der Waals surface area contributed by atoms with E-state index in [0.29, 0.717) is 53.8 Å². The molecular formula is C22H23F3N8O2. The summed E-state index contributed by atoms with van der Waals surface area (Å²) in [5, 5.41) is 24.3. The van der Waals surface area contributed by atoms with Crippen molar-refractivity contribution in [3.8, 4) is 5.75 Å². The number of nitrogens with two attached hydrogens (primary N) is 1. The van der Waals surface area contributed by atoms with Gasteiger partial charge in [-0.15, -0.1) is 10.2 Å². The molecule has 3 N–H and O–H groups in total. The van der Waals surface area contributed by atoms with E-state index < -0.39 is 17.3 Å². The third-order valence-corrected chi connectivity index (χ3v) is 7.02. The predicted octanol–water partition coefficient (Wildman–Crippen LogP) is 2.42. The van der Waals surface area contributed by atoms with Crippen LogP contribution in [0.25, 0.3) is 16.6 Å². The molecule has 13 heteroatoms. The molecule has 2 aliphatic carbocycles. The summed E-state index contributed by atoms with van der Waals surface area (Å²) in [7, 11) is 1.42. The molecule has 3 heterocycles. The minimum atomic E-state index is -2.64. The molecule has 0 aliphatic heterocycles. The van der Waals surface area contributed by atoms with Gasteiger partial charge in [0.15, 0.2) is 11.5 Å². The molecule has 0 spiro atoms. The number of anilines is 1. The maximum atomic E-state index is 14.1. The molecule has 35 heavy (non-hydrogen) atoms. The zero-order valence-corrected chi connectivity index (χ0v) is 18.9. The molecule has 1 atom stereocenters. The van der Waals surface area contributed by atoms with Gasteiger partial charge in [0.1, 0.15) is 17.1 Å². The standard InChI is InChI=1S/C22H23F3N8O2/c1-35-16-7-11(23)6-13-18(16)28-20(26)33-19(13)27-17(30-33)3-5-21(34)4-2-15-14(10-21)29-31-32(15)12-8-22(24,25)9-12/h6-7,12,34H,2-5,8-10H2,1H3,(H2,26,28). The molecule has 4 aromatic rings. The van der Waals surface area contributed by atoms with Crippen LogP contribution < -0.4 is 10.5 Å². The molecule has 0 saturated heterocycles. The number of ether oxygens (including phenoxy) is 1. The first-order chi connectivity index (χ1) is 16.6. The highest BCUT2D eigenvalue weighted by Crippen LogP contribution is 2.46. The Morgan fingerprint density at radius 2 is 2.06 bits per heavy atom. The Bertz CT molecular complexity index is 1460. The average Bonchev–Trinajstić information content (AvgIpc) is 3.41. The highest BCUT2D eigenvalue weighted by atomic mass is 19.3. The summed E-state index contributed by atoms with van der Waals surface area (Å²) >= 11 is 0. The quantitative estimate of drug-likeness (QED) is 0.438. The van der Waals surface area contributed by atoms with Crippen molar-refractivity contribution in [2.75, 3.05) is 12.8 Å². The van der Waals surface area contributed by atoms with Crippen LogP contribution in [0.1, 0.15) is 48.9 Å². The van der Waals surface area contributed by atoms with E-state index in [1.165, 1.54) is 23.8 Å². The van der Waals surface area contributed by atoms with Crippen LogP contribution in [0.2, 0.25) is 0 Å². The van der Waals surface area contributed by atoms with Crippen LogP contribution in [-0.2, 0) is 19.3 Å². The molecule has 184 valence electrons. The maximum Gasteiger partial charge on any atom is 0.252 e. The van der Waals surface area contributed by atoms with Gasteiger partial charge in [0.05, 0.1) is 35.5 Å². The molecule has 1 aromatic carbocycles. The lowest BCUT2D eigenvalue weighted by Gasteiger charge is -2.37. The Hall–Kier alpha value is -3.48. The van der Waals surface area contributed by atoms with Gasteiger partial charge < -0.3 is 15.6 Å². The van der Waals surface area contributed by atoms with Crippen molar-refractivity contribution < 1.29 is 23.0 Å². The molecule has 6 rings (SSSR count). The lowest BCUT2D eigenvalue weighted by atomic mass is 9.81. The molecule has 0 bridgehead atoms. The van der Waals surface area contributed by atoms with Gasteiger partial charge in [-0.25, -0.2) is 27.8 Å². The zero-order chi connectivity index (χ0) is 24.5. The van der Waals surface area contributed by atoms with E-state index in [-0.39, 0.29) is 37.0 Å². The van der Waals surface area contributed by atoms with E-state index >= 15 is 0 Å². The number of benzene rings is 1. The van der Waals surface area contributed by atoms with Crippen molar-refractivity contribution in [2.24, 2.45) is 0 Å². The van der Waals surface area contributed by atoms with Gasteiger partial charge in [0.2, 0.25) is 5.95 Å². The van der Waals surface area contributed by atoms with Crippen LogP contribution in [0.15, 0.2) is 12.1 Å². The van der Waals surface area contributed by atoms with Crippen molar-refractivity contribution in [1.82, 2.24) is 34.6 Å². The van der Waals surface area contributed by atoms with E-state index in [0.717, 1.165) is 5.69 Å². The summed E-state index contributed by atoms with van der Waals surface area (Å²) in [5.41, 5.74) is 7.19. The minimum absolute atomic E-state index is 0.0790. The second-order valence-electron chi connectivity index (χ2n) is 9.48. The number of alkyl halides is 2. The summed E-state index contributed by atoms with van der Waals surface area (Å²) in [6.45, 7) is 0. The van der Waals surface area contributed by atoms with Gasteiger partial charge in [0, 0.05) is 31.7 Å². The number of aromatic nitrogens is 7. The Labute approximate surface area is 196 Å². The Morgan fingerprint density at radius 1 is 1.26 bits per heavy atom. The summed E-state index contributed by atoms with van der Waals surface area (Å²) in [6, 6.07) is 2.18. The maximum absolute atomic E-state index is 14.1. The number of hydrogen-bond acceptors (Lipinski definition) is 8. The largest absolute Gasteiger partial charge is 0.494 e. The van der Waals surface area contributed by atoms with Crippen LogP contribution >= 0.6 is 0 Å². The first-order valence-electron chi connectivity index (χ1n) is 11.4. The molecule has 10 nitrogen and oxygen atoms in total. The van der Waals surface area contributed by atoms with Gasteiger partial charge in [-0.1, -0.05) is 5.21 Å². The minimum Gasteiger partial charge on any atom is -0.494 e. The number of aryl methyl sites for hydroxylation is 1. The summed E-state index contributed by atoms with van der Waals surface area (Å²) < 4.78 is 48.9. The van der Waals surface area contributed by atoms with Crippen LogP contribution in [0.3, 0.4) is 0 Å². The lowest BCUT2D eigenvalue weighted by molar-refractivity contribution is -0.108. The van der Waals surface area contributed by atoms with E-state index in [2.05, 4.69) is 25.4 Å². The van der Waals surface area contributed by atoms with Crippen molar-refractivity contribution in [2.45, 2.75) is 62.5 Å². The summed E-state index contributed by atoms with van der Waals surface area (Å²) in [6.07, 6.45) is 1.45. The number of nitrogen functional groups attached to an aromatic ring is 1. The van der Waals surface area contributed by atoms with Crippen molar-refractivity contribution in [1.29, 1.82) is 0 Å². The second-order valence-corrected chi connectivity index (χ2v) is 9.48. The number of nitrogens with zero attached hydrogens (tertiary/aromatic N) is 7. The number of methoxy groups -OCH3 is 1. The number of halogens is 3. The fourth-order valence-electron chi connectivity index (χ4n) is 5.12. The van der Waals surface area contributed by atoms with E-state index in [4.69, 9.17) is 10.5 Å². The Kier molecular flexibility index (Phi) is 4.72. The SMILES string of the molecule is COc1cc(F)cc2c1nc(N)n1nc(CCC3(O)CCc4c(nnn4C4CC(F)(F)C4)C3)nc21. The monoisotopic (exact) mass is 488 g/mol. The van der Waals surface area contributed by atoms with Crippen LogP contribution in [-0.4, -0.2) is 58.3 Å². The Morgan fingerprint density at radius 3 is 2.80 bits per heavy atom. The number of fused-ring (bicyclic) bond motifs is 4. The molecule has 0 radical (unpaired) electrons. The molecule has 2 aliphatic rings. The van der Waals surface area contributed by atoms with Crippen LogP contribution in [0, 0.1) is 5.82 Å². The molecule has 1 saturated carbocycles. The molecule has 0 amide bonds. The third-order valence-electron chi connectivity index (χ3n) is 7.02. The smallest absolute Gasteiger partial charge is 0.252 e. The van der Waals surface area contributed by atoms with E-state index in [1.54, 1.807) is 4.68 Å². The normalized spacial score (nSPS) is 21.9. The van der Waals surface area contributed by atoms with Gasteiger partial charge in [-0.2, -0.15) is 4.52 Å². The molecule has 1 fully saturated rings. The first-order valence-corrected chi connectivity index (χ1v) is 11.4. The zero-order valence-electron chi connectivity index (χ0n) is 18.9. The summed E-state index contributed by atoms with van der Waals surface area (Å²) in [5.74, 6) is -2.39. The number of rotatable bonds is 5. The predicted molar refractivity (Wildman–Crippen MR) is 118 cm³/mol. The third kappa shape index (κ3) is 3.65. The summed E-state index contributed by atoms with van der Waals surface area (Å²) in [4.78, 5) is 8.82. The van der Waals surface area contributed by atoms with Gasteiger partial charge in [0.25, 0.3) is 5.92 Å². The second kappa shape index (κ2) is 7.51.